The third kappa shape index (κ3) is 2.96. The van der Waals surface area contributed by atoms with Crippen LogP contribution in [0, 0.1) is 11.3 Å². The lowest BCUT2D eigenvalue weighted by Gasteiger charge is -2.39. The number of hydrogen-bond donors (Lipinski definition) is 1. The molecule has 0 bridgehead atoms. The number of carbonyl (C=O) groups excluding carboxylic acids is 1. The third-order valence-corrected chi connectivity index (χ3v) is 4.19. The van der Waals surface area contributed by atoms with Crippen LogP contribution in [0.2, 0.25) is 0 Å². The predicted octanol–water partition coefficient (Wildman–Crippen LogP) is 0.751. The standard InChI is InChI=1S/C14H23NO5/c1-3-20-11-7-10(11)12(16)15-6-4-5-14(8-15,9-19-2)13(17)18/h10-11H,3-9H2,1-2H3,(H,17,18). The van der Waals surface area contributed by atoms with Gasteiger partial charge < -0.3 is 19.5 Å². The number of ether oxygens (including phenoxy) is 2. The van der Waals surface area contributed by atoms with Crippen molar-refractivity contribution in [3.05, 3.63) is 0 Å². The molecule has 1 aliphatic carbocycles. The Morgan fingerprint density at radius 3 is 2.80 bits per heavy atom. The van der Waals surface area contributed by atoms with Gasteiger partial charge in [0.2, 0.25) is 5.91 Å². The monoisotopic (exact) mass is 285 g/mol. The van der Waals surface area contributed by atoms with Crippen molar-refractivity contribution in [2.45, 2.75) is 32.3 Å². The topological polar surface area (TPSA) is 76.1 Å². The second-order valence-electron chi connectivity index (χ2n) is 5.72. The highest BCUT2D eigenvalue weighted by Gasteiger charge is 2.50. The summed E-state index contributed by atoms with van der Waals surface area (Å²) in [5, 5.41) is 9.47. The summed E-state index contributed by atoms with van der Waals surface area (Å²) in [6, 6.07) is 0. The van der Waals surface area contributed by atoms with E-state index in [2.05, 4.69) is 0 Å². The molecular weight excluding hydrogens is 262 g/mol. The van der Waals surface area contributed by atoms with E-state index in [9.17, 15) is 14.7 Å². The predicted molar refractivity (Wildman–Crippen MR) is 71.3 cm³/mol. The van der Waals surface area contributed by atoms with E-state index in [4.69, 9.17) is 9.47 Å². The number of aliphatic carboxylic acids is 1. The molecule has 0 aromatic heterocycles. The Morgan fingerprint density at radius 2 is 2.20 bits per heavy atom. The Labute approximate surface area is 119 Å². The molecule has 2 fully saturated rings. The summed E-state index contributed by atoms with van der Waals surface area (Å²) in [5.74, 6) is -0.930. The summed E-state index contributed by atoms with van der Waals surface area (Å²) in [6.45, 7) is 3.54. The van der Waals surface area contributed by atoms with Gasteiger partial charge in [-0.15, -0.1) is 0 Å². The molecule has 0 aromatic carbocycles. The van der Waals surface area contributed by atoms with E-state index in [0.717, 1.165) is 6.42 Å². The first-order valence-electron chi connectivity index (χ1n) is 7.17. The molecule has 6 heteroatoms. The second kappa shape index (κ2) is 6.10. The second-order valence-corrected chi connectivity index (χ2v) is 5.72. The Bertz CT molecular complexity index is 382. The van der Waals surface area contributed by atoms with E-state index in [-0.39, 0.29) is 31.1 Å². The lowest BCUT2D eigenvalue weighted by Crippen LogP contribution is -2.52. The molecule has 0 radical (unpaired) electrons. The van der Waals surface area contributed by atoms with Crippen LogP contribution in [-0.4, -0.2) is 61.4 Å². The maximum atomic E-state index is 12.4. The summed E-state index contributed by atoms with van der Waals surface area (Å²) in [4.78, 5) is 25.6. The maximum absolute atomic E-state index is 12.4. The largest absolute Gasteiger partial charge is 0.481 e. The maximum Gasteiger partial charge on any atom is 0.313 e. The number of carboxylic acid groups (broad SMARTS) is 1. The molecule has 1 saturated heterocycles. The zero-order valence-electron chi connectivity index (χ0n) is 12.1. The van der Waals surface area contributed by atoms with Crippen LogP contribution >= 0.6 is 0 Å². The number of piperidine rings is 1. The molecule has 1 aliphatic heterocycles. The van der Waals surface area contributed by atoms with E-state index in [1.807, 2.05) is 6.92 Å². The fourth-order valence-corrected chi connectivity index (χ4v) is 3.01. The van der Waals surface area contributed by atoms with Gasteiger partial charge in [-0.05, 0) is 26.2 Å². The highest BCUT2D eigenvalue weighted by molar-refractivity contribution is 5.84. The summed E-state index contributed by atoms with van der Waals surface area (Å²) in [6.07, 6.45) is 2.04. The number of likely N-dealkylation sites (tertiary alicyclic amines) is 1. The van der Waals surface area contributed by atoms with Gasteiger partial charge in [0.1, 0.15) is 5.41 Å². The summed E-state index contributed by atoms with van der Waals surface area (Å²) < 4.78 is 10.5. The average Bonchev–Trinajstić information content (AvgIpc) is 3.18. The van der Waals surface area contributed by atoms with Crippen LogP contribution in [0.4, 0.5) is 0 Å². The Kier molecular flexibility index (Phi) is 4.65. The molecule has 1 N–H and O–H groups in total. The Hall–Kier alpha value is -1.14. The first-order valence-corrected chi connectivity index (χ1v) is 7.17. The van der Waals surface area contributed by atoms with Gasteiger partial charge in [0.15, 0.2) is 0 Å². The minimum absolute atomic E-state index is 0.0241. The average molecular weight is 285 g/mol. The zero-order chi connectivity index (χ0) is 14.8. The van der Waals surface area contributed by atoms with E-state index < -0.39 is 11.4 Å². The molecule has 3 unspecified atom stereocenters. The normalized spacial score (nSPS) is 33.0. The van der Waals surface area contributed by atoms with Crippen molar-refractivity contribution < 1.29 is 24.2 Å². The third-order valence-electron chi connectivity index (χ3n) is 4.19. The van der Waals surface area contributed by atoms with Gasteiger partial charge in [0.05, 0.1) is 18.6 Å². The van der Waals surface area contributed by atoms with Gasteiger partial charge in [-0.2, -0.15) is 0 Å². The molecule has 0 spiro atoms. The Balaban J connectivity index is 1.99. The van der Waals surface area contributed by atoms with Gasteiger partial charge in [0.25, 0.3) is 0 Å². The van der Waals surface area contributed by atoms with Crippen LogP contribution in [0.1, 0.15) is 26.2 Å². The van der Waals surface area contributed by atoms with Gasteiger partial charge >= 0.3 is 5.97 Å². The summed E-state index contributed by atoms with van der Waals surface area (Å²) >= 11 is 0. The molecule has 114 valence electrons. The van der Waals surface area contributed by atoms with Crippen LogP contribution in [0.5, 0.6) is 0 Å². The lowest BCUT2D eigenvalue weighted by atomic mass is 9.80. The van der Waals surface area contributed by atoms with Crippen molar-refractivity contribution in [2.75, 3.05) is 33.4 Å². The molecule has 20 heavy (non-hydrogen) atoms. The summed E-state index contributed by atoms with van der Waals surface area (Å²) in [5.41, 5.74) is -0.960. The number of methoxy groups -OCH3 is 1. The number of carboxylic acids is 1. The highest BCUT2D eigenvalue weighted by Crippen LogP contribution is 2.38. The molecule has 6 nitrogen and oxygen atoms in total. The number of carbonyl (C=O) groups is 2. The molecule has 1 saturated carbocycles. The van der Waals surface area contributed by atoms with Gasteiger partial charge in [-0.1, -0.05) is 0 Å². The number of rotatable bonds is 6. The molecule has 3 atom stereocenters. The minimum atomic E-state index is -0.960. The van der Waals surface area contributed by atoms with E-state index in [1.54, 1.807) is 4.90 Å². The zero-order valence-corrected chi connectivity index (χ0v) is 12.1. The van der Waals surface area contributed by atoms with E-state index in [0.29, 0.717) is 26.0 Å². The van der Waals surface area contributed by atoms with Crippen molar-refractivity contribution in [3.8, 4) is 0 Å². The quantitative estimate of drug-likeness (QED) is 0.779. The van der Waals surface area contributed by atoms with Gasteiger partial charge in [0, 0.05) is 26.8 Å². The number of hydrogen-bond acceptors (Lipinski definition) is 4. The molecule has 2 rings (SSSR count). The van der Waals surface area contributed by atoms with Crippen LogP contribution in [0.25, 0.3) is 0 Å². The van der Waals surface area contributed by atoms with Gasteiger partial charge in [-0.25, -0.2) is 0 Å². The highest BCUT2D eigenvalue weighted by atomic mass is 16.5. The van der Waals surface area contributed by atoms with Crippen LogP contribution in [0.15, 0.2) is 0 Å². The minimum Gasteiger partial charge on any atom is -0.481 e. The van der Waals surface area contributed by atoms with Crippen molar-refractivity contribution in [1.82, 2.24) is 4.90 Å². The number of nitrogens with zero attached hydrogens (tertiary/aromatic N) is 1. The van der Waals surface area contributed by atoms with E-state index >= 15 is 0 Å². The Morgan fingerprint density at radius 1 is 1.45 bits per heavy atom. The van der Waals surface area contributed by atoms with Crippen LogP contribution in [0.3, 0.4) is 0 Å². The van der Waals surface area contributed by atoms with Crippen molar-refractivity contribution >= 4 is 11.9 Å². The van der Waals surface area contributed by atoms with Crippen molar-refractivity contribution in [1.29, 1.82) is 0 Å². The molecule has 1 heterocycles. The first-order chi connectivity index (χ1) is 9.54. The fourth-order valence-electron chi connectivity index (χ4n) is 3.01. The van der Waals surface area contributed by atoms with Crippen molar-refractivity contribution in [2.24, 2.45) is 11.3 Å². The molecular formula is C14H23NO5. The van der Waals surface area contributed by atoms with E-state index in [1.165, 1.54) is 7.11 Å². The van der Waals surface area contributed by atoms with Crippen LogP contribution < -0.4 is 0 Å². The molecule has 0 aromatic rings. The molecule has 2 aliphatic rings. The first kappa shape index (κ1) is 15.3. The molecule has 1 amide bonds. The smallest absolute Gasteiger partial charge is 0.313 e. The fraction of sp³-hybridized carbons (Fsp3) is 0.857. The van der Waals surface area contributed by atoms with Crippen molar-refractivity contribution in [3.63, 3.8) is 0 Å². The summed E-state index contributed by atoms with van der Waals surface area (Å²) in [7, 11) is 1.50. The SMILES string of the molecule is CCOC1CC1C(=O)N1CCCC(COC)(C(=O)O)C1. The lowest BCUT2D eigenvalue weighted by molar-refractivity contribution is -0.159. The van der Waals surface area contributed by atoms with Gasteiger partial charge in [-0.3, -0.25) is 9.59 Å². The number of amides is 1. The van der Waals surface area contributed by atoms with Crippen LogP contribution in [-0.2, 0) is 19.1 Å².